The first kappa shape index (κ1) is 26.9. The first-order chi connectivity index (χ1) is 19.0. The number of methoxy groups -OCH3 is 2. The number of fused-ring (bicyclic) bond motifs is 1. The molecule has 0 aliphatic rings. The second-order valence-corrected chi connectivity index (χ2v) is 8.38. The topological polar surface area (TPSA) is 95.5 Å². The standard InChI is InChI=1S/C31H28N2O6/c1-4-7-21-10-16-28(29(18-21)37-3)38-20-30(34)33-32-19-26-25-9-6-5-8-22(25)13-17-27(26)39-31(35)23-11-14-24(36-2)15-12-23/h4-6,8-19H,1,7,20H2,2-3H3,(H,33,34)/b32-19-. The van der Waals surface area contributed by atoms with Crippen LogP contribution >= 0.6 is 0 Å². The minimum Gasteiger partial charge on any atom is -0.497 e. The summed E-state index contributed by atoms with van der Waals surface area (Å²) < 4.78 is 21.8. The maximum atomic E-state index is 12.8. The fourth-order valence-corrected chi connectivity index (χ4v) is 3.85. The highest BCUT2D eigenvalue weighted by molar-refractivity contribution is 6.04. The molecule has 4 aromatic carbocycles. The van der Waals surface area contributed by atoms with Gasteiger partial charge in [-0.2, -0.15) is 5.10 Å². The molecule has 1 N–H and O–H groups in total. The molecule has 0 unspecified atom stereocenters. The largest absolute Gasteiger partial charge is 0.497 e. The van der Waals surface area contributed by atoms with Crippen molar-refractivity contribution < 1.29 is 28.5 Å². The number of benzene rings is 4. The molecule has 0 atom stereocenters. The lowest BCUT2D eigenvalue weighted by molar-refractivity contribution is -0.123. The number of ether oxygens (including phenoxy) is 4. The Morgan fingerprint density at radius 1 is 0.897 bits per heavy atom. The van der Waals surface area contributed by atoms with Crippen molar-refractivity contribution in [3.8, 4) is 23.0 Å². The van der Waals surface area contributed by atoms with Crippen molar-refractivity contribution in [1.29, 1.82) is 0 Å². The first-order valence-electron chi connectivity index (χ1n) is 12.1. The smallest absolute Gasteiger partial charge is 0.343 e. The summed E-state index contributed by atoms with van der Waals surface area (Å²) in [5, 5.41) is 5.82. The Labute approximate surface area is 226 Å². The molecule has 0 saturated heterocycles. The molecule has 0 saturated carbocycles. The zero-order valence-electron chi connectivity index (χ0n) is 21.7. The van der Waals surface area contributed by atoms with Gasteiger partial charge in [-0.3, -0.25) is 4.79 Å². The average Bonchev–Trinajstić information content (AvgIpc) is 2.97. The highest BCUT2D eigenvalue weighted by atomic mass is 16.5. The average molecular weight is 525 g/mol. The summed E-state index contributed by atoms with van der Waals surface area (Å²) in [7, 11) is 3.09. The van der Waals surface area contributed by atoms with Gasteiger partial charge in [0.15, 0.2) is 18.1 Å². The Morgan fingerprint density at radius 2 is 1.67 bits per heavy atom. The van der Waals surface area contributed by atoms with Crippen LogP contribution in [0.15, 0.2) is 96.6 Å². The van der Waals surface area contributed by atoms with Crippen molar-refractivity contribution in [3.05, 3.63) is 108 Å². The van der Waals surface area contributed by atoms with Gasteiger partial charge < -0.3 is 18.9 Å². The van der Waals surface area contributed by atoms with Gasteiger partial charge in [-0.1, -0.05) is 42.5 Å². The highest BCUT2D eigenvalue weighted by Crippen LogP contribution is 2.29. The van der Waals surface area contributed by atoms with Gasteiger partial charge in [0.25, 0.3) is 5.91 Å². The van der Waals surface area contributed by atoms with Crippen LogP contribution in [0.2, 0.25) is 0 Å². The van der Waals surface area contributed by atoms with Gasteiger partial charge in [-0.05, 0) is 65.2 Å². The molecule has 0 bridgehead atoms. The van der Waals surface area contributed by atoms with Gasteiger partial charge in [0.2, 0.25) is 0 Å². The SMILES string of the molecule is C=CCc1ccc(OCC(=O)N/N=C\c2c(OC(=O)c3ccc(OC)cc3)ccc3ccccc23)c(OC)c1. The Morgan fingerprint density at radius 3 is 2.41 bits per heavy atom. The normalized spacial score (nSPS) is 10.7. The van der Waals surface area contributed by atoms with Gasteiger partial charge in [-0.15, -0.1) is 6.58 Å². The van der Waals surface area contributed by atoms with Crippen molar-refractivity contribution >= 4 is 28.9 Å². The van der Waals surface area contributed by atoms with Crippen LogP contribution in [-0.4, -0.2) is 38.9 Å². The van der Waals surface area contributed by atoms with Crippen LogP contribution in [0.4, 0.5) is 0 Å². The Balaban J connectivity index is 1.47. The Kier molecular flexibility index (Phi) is 8.92. The van der Waals surface area contributed by atoms with E-state index in [1.807, 2.05) is 42.5 Å². The zero-order chi connectivity index (χ0) is 27.6. The van der Waals surface area contributed by atoms with E-state index in [2.05, 4.69) is 17.1 Å². The molecule has 0 fully saturated rings. The number of hydrogen-bond donors (Lipinski definition) is 1. The quantitative estimate of drug-likeness (QED) is 0.0937. The van der Waals surface area contributed by atoms with E-state index in [0.717, 1.165) is 16.3 Å². The minimum absolute atomic E-state index is 0.274. The van der Waals surface area contributed by atoms with Crippen LogP contribution in [0.25, 0.3) is 10.8 Å². The molecule has 0 aliphatic heterocycles. The maximum absolute atomic E-state index is 12.8. The number of hydrazone groups is 1. The van der Waals surface area contributed by atoms with Crippen molar-refractivity contribution in [3.63, 3.8) is 0 Å². The number of allylic oxidation sites excluding steroid dienone is 1. The Hall–Kier alpha value is -5.11. The van der Waals surface area contributed by atoms with Crippen molar-refractivity contribution in [2.45, 2.75) is 6.42 Å². The monoisotopic (exact) mass is 524 g/mol. The van der Waals surface area contributed by atoms with Crippen LogP contribution < -0.4 is 24.4 Å². The highest BCUT2D eigenvalue weighted by Gasteiger charge is 2.14. The molecule has 0 aliphatic carbocycles. The van der Waals surface area contributed by atoms with Crippen LogP contribution in [0.1, 0.15) is 21.5 Å². The van der Waals surface area contributed by atoms with Crippen LogP contribution in [0.5, 0.6) is 23.0 Å². The van der Waals surface area contributed by atoms with Crippen LogP contribution in [-0.2, 0) is 11.2 Å². The molecular weight excluding hydrogens is 496 g/mol. The molecule has 0 spiro atoms. The zero-order valence-corrected chi connectivity index (χ0v) is 21.7. The Bertz CT molecular complexity index is 1510. The van der Waals surface area contributed by atoms with Crippen LogP contribution in [0.3, 0.4) is 0 Å². The molecular formula is C31H28N2O6. The van der Waals surface area contributed by atoms with E-state index in [1.165, 1.54) is 13.3 Å². The number of nitrogens with zero attached hydrogens (tertiary/aromatic N) is 1. The molecule has 8 heteroatoms. The molecule has 4 aromatic rings. The summed E-state index contributed by atoms with van der Waals surface area (Å²) in [6, 6.07) is 23.2. The van der Waals surface area contributed by atoms with Gasteiger partial charge >= 0.3 is 5.97 Å². The molecule has 1 amide bonds. The predicted octanol–water partition coefficient (Wildman–Crippen LogP) is 5.33. The lowest BCUT2D eigenvalue weighted by Gasteiger charge is -2.12. The second-order valence-electron chi connectivity index (χ2n) is 8.38. The first-order valence-corrected chi connectivity index (χ1v) is 12.1. The van der Waals surface area contributed by atoms with Gasteiger partial charge in [0, 0.05) is 5.56 Å². The van der Waals surface area contributed by atoms with Crippen molar-refractivity contribution in [2.75, 3.05) is 20.8 Å². The number of hydrogen-bond acceptors (Lipinski definition) is 7. The van der Waals surface area contributed by atoms with Crippen LogP contribution in [0, 0.1) is 0 Å². The molecule has 0 aromatic heterocycles. The summed E-state index contributed by atoms with van der Waals surface area (Å²) in [5.41, 5.74) is 4.38. The molecule has 39 heavy (non-hydrogen) atoms. The summed E-state index contributed by atoms with van der Waals surface area (Å²) in [6.45, 7) is 3.46. The van der Waals surface area contributed by atoms with E-state index in [9.17, 15) is 9.59 Å². The van der Waals surface area contributed by atoms with Crippen molar-refractivity contribution in [1.82, 2.24) is 5.43 Å². The van der Waals surface area contributed by atoms with E-state index >= 15 is 0 Å². The second kappa shape index (κ2) is 12.9. The van der Waals surface area contributed by atoms with Gasteiger partial charge in [0.05, 0.1) is 26.0 Å². The van der Waals surface area contributed by atoms with E-state index in [1.54, 1.807) is 49.6 Å². The fourth-order valence-electron chi connectivity index (χ4n) is 3.85. The summed E-state index contributed by atoms with van der Waals surface area (Å²) in [4.78, 5) is 25.2. The van der Waals surface area contributed by atoms with Crippen molar-refractivity contribution in [2.24, 2.45) is 5.10 Å². The lowest BCUT2D eigenvalue weighted by atomic mass is 10.0. The number of carbonyl (C=O) groups excluding carboxylic acids is 2. The van der Waals surface area contributed by atoms with Gasteiger partial charge in [0.1, 0.15) is 11.5 Å². The third kappa shape index (κ3) is 6.81. The van der Waals surface area contributed by atoms with E-state index in [-0.39, 0.29) is 6.61 Å². The number of rotatable bonds is 11. The summed E-state index contributed by atoms with van der Waals surface area (Å²) >= 11 is 0. The lowest BCUT2D eigenvalue weighted by Crippen LogP contribution is -2.24. The fraction of sp³-hybridized carbons (Fsp3) is 0.129. The minimum atomic E-state index is -0.534. The molecule has 198 valence electrons. The van der Waals surface area contributed by atoms with Gasteiger partial charge in [-0.25, -0.2) is 10.2 Å². The van der Waals surface area contributed by atoms with E-state index in [0.29, 0.717) is 40.5 Å². The van der Waals surface area contributed by atoms with E-state index in [4.69, 9.17) is 18.9 Å². The van der Waals surface area contributed by atoms with E-state index < -0.39 is 11.9 Å². The number of esters is 1. The maximum Gasteiger partial charge on any atom is 0.343 e. The number of carbonyl (C=O) groups is 2. The molecule has 8 nitrogen and oxygen atoms in total. The third-order valence-electron chi connectivity index (χ3n) is 5.81. The third-order valence-corrected chi connectivity index (χ3v) is 5.81. The number of nitrogens with one attached hydrogen (secondary N) is 1. The molecule has 0 radical (unpaired) electrons. The number of amides is 1. The molecule has 0 heterocycles. The molecule has 4 rings (SSSR count). The summed E-state index contributed by atoms with van der Waals surface area (Å²) in [6.07, 6.45) is 3.93. The predicted molar refractivity (Wildman–Crippen MR) is 150 cm³/mol. The summed E-state index contributed by atoms with van der Waals surface area (Å²) in [5.74, 6) is 0.880.